The van der Waals surface area contributed by atoms with Crippen LogP contribution >= 0.6 is 11.6 Å². The lowest BCUT2D eigenvalue weighted by Gasteiger charge is -2.21. The van der Waals surface area contributed by atoms with Crippen LogP contribution in [0, 0.1) is 18.7 Å². The lowest BCUT2D eigenvalue weighted by molar-refractivity contribution is 0.622. The number of halogens is 2. The summed E-state index contributed by atoms with van der Waals surface area (Å²) >= 11 is 6.29. The summed E-state index contributed by atoms with van der Waals surface area (Å²) in [5.74, 6) is 0.412. The zero-order valence-corrected chi connectivity index (χ0v) is 12.1. The van der Waals surface area contributed by atoms with E-state index in [1.807, 2.05) is 37.3 Å². The van der Waals surface area contributed by atoms with Crippen molar-refractivity contribution in [2.75, 3.05) is 5.32 Å². The number of anilines is 1. The van der Waals surface area contributed by atoms with Gasteiger partial charge in [0, 0.05) is 0 Å². The Hall–Kier alpha value is -1.54. The van der Waals surface area contributed by atoms with Crippen LogP contribution in [0.25, 0.3) is 0 Å². The first-order valence-corrected chi connectivity index (χ1v) is 7.29. The van der Waals surface area contributed by atoms with Crippen LogP contribution in [-0.2, 0) is 0 Å². The maximum atomic E-state index is 13.1. The molecule has 20 heavy (non-hydrogen) atoms. The lowest BCUT2D eigenvalue weighted by atomic mass is 10.0. The summed E-state index contributed by atoms with van der Waals surface area (Å²) in [7, 11) is 0. The van der Waals surface area contributed by atoms with Gasteiger partial charge in [0.2, 0.25) is 0 Å². The van der Waals surface area contributed by atoms with E-state index in [1.165, 1.54) is 25.0 Å². The molecular formula is C17H17ClFN. The molecule has 0 spiro atoms. The second-order valence-corrected chi connectivity index (χ2v) is 5.90. The van der Waals surface area contributed by atoms with E-state index < -0.39 is 0 Å². The molecule has 0 aliphatic heterocycles. The average molecular weight is 290 g/mol. The molecule has 3 heteroatoms. The van der Waals surface area contributed by atoms with Crippen LogP contribution in [-0.4, -0.2) is 0 Å². The molecule has 0 radical (unpaired) electrons. The topological polar surface area (TPSA) is 12.0 Å². The molecule has 0 saturated heterocycles. The molecular weight excluding hydrogens is 273 g/mol. The van der Waals surface area contributed by atoms with Crippen molar-refractivity contribution in [1.82, 2.24) is 0 Å². The molecule has 1 saturated carbocycles. The Bertz CT molecular complexity index is 605. The summed E-state index contributed by atoms with van der Waals surface area (Å²) in [4.78, 5) is 0. The van der Waals surface area contributed by atoms with E-state index in [4.69, 9.17) is 11.6 Å². The van der Waals surface area contributed by atoms with Gasteiger partial charge in [-0.1, -0.05) is 29.8 Å². The van der Waals surface area contributed by atoms with Gasteiger partial charge in [0.1, 0.15) is 5.82 Å². The van der Waals surface area contributed by atoms with E-state index in [0.717, 1.165) is 21.8 Å². The number of nitrogens with one attached hydrogen (secondary N) is 1. The predicted molar refractivity (Wildman–Crippen MR) is 81.7 cm³/mol. The molecule has 3 rings (SSSR count). The quantitative estimate of drug-likeness (QED) is 0.800. The fraction of sp³-hybridized carbons (Fsp3) is 0.294. The fourth-order valence-corrected chi connectivity index (χ4v) is 2.77. The van der Waals surface area contributed by atoms with E-state index in [9.17, 15) is 4.39 Å². The van der Waals surface area contributed by atoms with Crippen molar-refractivity contribution in [2.45, 2.75) is 25.8 Å². The molecule has 1 N–H and O–H groups in total. The molecule has 104 valence electrons. The van der Waals surface area contributed by atoms with Crippen LogP contribution in [0.15, 0.2) is 42.5 Å². The molecule has 1 nitrogen and oxygen atoms in total. The van der Waals surface area contributed by atoms with Gasteiger partial charge < -0.3 is 5.32 Å². The predicted octanol–water partition coefficient (Wildman–Crippen LogP) is 5.35. The maximum absolute atomic E-state index is 13.1. The first-order valence-electron chi connectivity index (χ1n) is 6.91. The summed E-state index contributed by atoms with van der Waals surface area (Å²) in [5, 5.41) is 4.25. The van der Waals surface area contributed by atoms with Crippen molar-refractivity contribution in [3.05, 3.63) is 64.4 Å². The van der Waals surface area contributed by atoms with Crippen molar-refractivity contribution < 1.29 is 4.39 Å². The van der Waals surface area contributed by atoms with Gasteiger partial charge in [-0.3, -0.25) is 0 Å². The van der Waals surface area contributed by atoms with Crippen molar-refractivity contribution in [1.29, 1.82) is 0 Å². The highest BCUT2D eigenvalue weighted by Gasteiger charge is 2.32. The van der Waals surface area contributed by atoms with Gasteiger partial charge in [-0.05, 0) is 61.1 Å². The zero-order chi connectivity index (χ0) is 14.1. The summed E-state index contributed by atoms with van der Waals surface area (Å²) in [5.41, 5.74) is 3.20. The highest BCUT2D eigenvalue weighted by molar-refractivity contribution is 6.33. The largest absolute Gasteiger partial charge is 0.377 e. The van der Waals surface area contributed by atoms with Crippen LogP contribution in [0.3, 0.4) is 0 Å². The van der Waals surface area contributed by atoms with Crippen molar-refractivity contribution in [3.63, 3.8) is 0 Å². The van der Waals surface area contributed by atoms with Crippen LogP contribution in [0.5, 0.6) is 0 Å². The van der Waals surface area contributed by atoms with Crippen LogP contribution in [0.2, 0.25) is 5.02 Å². The minimum atomic E-state index is -0.198. The lowest BCUT2D eigenvalue weighted by Crippen LogP contribution is -2.13. The standard InChI is InChI=1S/C17H17ClFN/c1-11-2-9-16(15(18)10-11)20-17(12-3-4-12)13-5-7-14(19)8-6-13/h2,5-10,12,17,20H,3-4H2,1H3. The fourth-order valence-electron chi connectivity index (χ4n) is 2.48. The number of benzene rings is 2. The number of hydrogen-bond acceptors (Lipinski definition) is 1. The molecule has 1 aliphatic rings. The van der Waals surface area contributed by atoms with E-state index in [0.29, 0.717) is 5.92 Å². The second kappa shape index (κ2) is 5.45. The summed E-state index contributed by atoms with van der Waals surface area (Å²) in [6.07, 6.45) is 2.41. The SMILES string of the molecule is Cc1ccc(NC(c2ccc(F)cc2)C2CC2)c(Cl)c1. The van der Waals surface area contributed by atoms with Gasteiger partial charge in [-0.25, -0.2) is 4.39 Å². The molecule has 0 heterocycles. The average Bonchev–Trinajstić information content (AvgIpc) is 3.24. The third kappa shape index (κ3) is 2.96. The third-order valence-corrected chi connectivity index (χ3v) is 4.07. The Balaban J connectivity index is 1.86. The minimum absolute atomic E-state index is 0.198. The molecule has 1 unspecified atom stereocenters. The molecule has 2 aromatic rings. The third-order valence-electron chi connectivity index (χ3n) is 3.76. The normalized spacial score (nSPS) is 15.9. The highest BCUT2D eigenvalue weighted by atomic mass is 35.5. The van der Waals surface area contributed by atoms with Crippen molar-refractivity contribution >= 4 is 17.3 Å². The monoisotopic (exact) mass is 289 g/mol. The molecule has 2 aromatic carbocycles. The van der Waals surface area contributed by atoms with Gasteiger partial charge in [-0.15, -0.1) is 0 Å². The van der Waals surface area contributed by atoms with E-state index >= 15 is 0 Å². The Morgan fingerprint density at radius 2 is 1.85 bits per heavy atom. The second-order valence-electron chi connectivity index (χ2n) is 5.49. The van der Waals surface area contributed by atoms with Crippen LogP contribution < -0.4 is 5.32 Å². The van der Waals surface area contributed by atoms with Gasteiger partial charge in [0.25, 0.3) is 0 Å². The van der Waals surface area contributed by atoms with Gasteiger partial charge in [-0.2, -0.15) is 0 Å². The van der Waals surface area contributed by atoms with Crippen LogP contribution in [0.4, 0.5) is 10.1 Å². The number of hydrogen-bond donors (Lipinski definition) is 1. The maximum Gasteiger partial charge on any atom is 0.123 e. The summed E-state index contributed by atoms with van der Waals surface area (Å²) < 4.78 is 13.1. The first-order chi connectivity index (χ1) is 9.63. The molecule has 0 bridgehead atoms. The van der Waals surface area contributed by atoms with E-state index in [2.05, 4.69) is 5.32 Å². The molecule has 1 atom stereocenters. The molecule has 1 fully saturated rings. The smallest absolute Gasteiger partial charge is 0.123 e. The molecule has 0 amide bonds. The Kier molecular flexibility index (Phi) is 3.66. The Labute approximate surface area is 123 Å². The van der Waals surface area contributed by atoms with Gasteiger partial charge in [0.15, 0.2) is 0 Å². The van der Waals surface area contributed by atoms with Crippen LogP contribution in [0.1, 0.15) is 30.0 Å². The molecule has 0 aromatic heterocycles. The van der Waals surface area contributed by atoms with Crippen molar-refractivity contribution in [2.24, 2.45) is 5.92 Å². The molecule has 1 aliphatic carbocycles. The minimum Gasteiger partial charge on any atom is -0.377 e. The number of aryl methyl sites for hydroxylation is 1. The van der Waals surface area contributed by atoms with Gasteiger partial charge >= 0.3 is 0 Å². The summed E-state index contributed by atoms with van der Waals surface area (Å²) in [6, 6.07) is 13.0. The van der Waals surface area contributed by atoms with Gasteiger partial charge in [0.05, 0.1) is 16.8 Å². The van der Waals surface area contributed by atoms with E-state index in [1.54, 1.807) is 0 Å². The first kappa shape index (κ1) is 13.4. The van der Waals surface area contributed by atoms with Crippen molar-refractivity contribution in [3.8, 4) is 0 Å². The number of rotatable bonds is 4. The van der Waals surface area contributed by atoms with E-state index in [-0.39, 0.29) is 11.9 Å². The summed E-state index contributed by atoms with van der Waals surface area (Å²) in [6.45, 7) is 2.02. The Morgan fingerprint density at radius 3 is 2.45 bits per heavy atom. The highest BCUT2D eigenvalue weighted by Crippen LogP contribution is 2.43. The Morgan fingerprint density at radius 1 is 1.15 bits per heavy atom. The zero-order valence-electron chi connectivity index (χ0n) is 11.4.